The molecule has 0 bridgehead atoms. The summed E-state index contributed by atoms with van der Waals surface area (Å²) in [6, 6.07) is 25.8. The molecule has 3 aromatic carbocycles. The molecule has 0 N–H and O–H groups in total. The highest BCUT2D eigenvalue weighted by molar-refractivity contribution is 5.68. The maximum absolute atomic E-state index is 12.7. The summed E-state index contributed by atoms with van der Waals surface area (Å²) in [7, 11) is 0. The van der Waals surface area contributed by atoms with Gasteiger partial charge in [0.1, 0.15) is 43.4 Å². The van der Waals surface area contributed by atoms with E-state index in [1.165, 1.54) is 0 Å². The van der Waals surface area contributed by atoms with E-state index < -0.39 is 85.5 Å². The van der Waals surface area contributed by atoms with Gasteiger partial charge in [-0.1, -0.05) is 96.1 Å². The second-order valence-electron chi connectivity index (χ2n) is 13.1. The molecule has 3 aromatic rings. The van der Waals surface area contributed by atoms with E-state index in [2.05, 4.69) is 10.0 Å². The zero-order chi connectivity index (χ0) is 41.9. The first-order chi connectivity index (χ1) is 28.0. The van der Waals surface area contributed by atoms with Crippen LogP contribution in [0.2, 0.25) is 0 Å². The first-order valence-electron chi connectivity index (χ1n) is 18.4. The van der Waals surface area contributed by atoms with E-state index in [1.807, 2.05) is 54.6 Å². The van der Waals surface area contributed by atoms with Crippen LogP contribution in [0.4, 0.5) is 0 Å². The summed E-state index contributed by atoms with van der Waals surface area (Å²) in [6.45, 7) is 3.61. The third-order valence-electron chi connectivity index (χ3n) is 8.57. The number of carbonyl (C=O) groups is 5. The van der Waals surface area contributed by atoms with Gasteiger partial charge in [0.15, 0.2) is 24.6 Å². The van der Waals surface area contributed by atoms with Gasteiger partial charge in [-0.2, -0.15) is 0 Å². The largest absolute Gasteiger partial charge is 0.463 e. The van der Waals surface area contributed by atoms with Crippen molar-refractivity contribution in [2.24, 2.45) is 5.11 Å². The predicted octanol–water partition coefficient (Wildman–Crippen LogP) is 4.72. The van der Waals surface area contributed by atoms with Crippen LogP contribution in [0.3, 0.4) is 0 Å². The van der Waals surface area contributed by atoms with Crippen molar-refractivity contribution in [3.05, 3.63) is 118 Å². The number of azide groups is 1. The number of ether oxygens (including phenoxy) is 9. The zero-order valence-corrected chi connectivity index (χ0v) is 32.5. The van der Waals surface area contributed by atoms with Gasteiger partial charge in [0, 0.05) is 32.6 Å². The molecule has 0 unspecified atom stereocenters. The topological polar surface area (TPSA) is 217 Å². The summed E-state index contributed by atoms with van der Waals surface area (Å²) in [4.78, 5) is 65.0. The van der Waals surface area contributed by atoms with Crippen molar-refractivity contribution < 1.29 is 66.6 Å². The van der Waals surface area contributed by atoms with Gasteiger partial charge in [0.2, 0.25) is 0 Å². The van der Waals surface area contributed by atoms with Crippen LogP contribution in [0.1, 0.15) is 44.4 Å². The zero-order valence-electron chi connectivity index (χ0n) is 32.5. The Morgan fingerprint density at radius 1 is 0.690 bits per heavy atom. The summed E-state index contributed by atoms with van der Waals surface area (Å²) in [5, 5.41) is 3.73. The summed E-state index contributed by atoms with van der Waals surface area (Å²) >= 11 is 0. The molecule has 1 aliphatic heterocycles. The lowest BCUT2D eigenvalue weighted by molar-refractivity contribution is -0.329. The SMILES string of the molecule is CC(=O)OC[C@H]1O[C@@H](O[C@H](COCc2ccccc2)[C@H](OCc2ccccc2)[C@H](OCc2ccccc2)[C@H](C=O)N=[N+]=[N-])[C@H](OC(C)=O)[C@@H](OC(C)=O)[C@@H]1OC(C)=O. The van der Waals surface area contributed by atoms with Crippen molar-refractivity contribution in [2.45, 2.75) is 103 Å². The Hall–Kier alpha value is -5.68. The van der Waals surface area contributed by atoms with Crippen molar-refractivity contribution in [3.63, 3.8) is 0 Å². The minimum atomic E-state index is -1.67. The fourth-order valence-electron chi connectivity index (χ4n) is 6.11. The number of carbonyl (C=O) groups excluding carboxylic acids is 5. The third kappa shape index (κ3) is 14.4. The maximum Gasteiger partial charge on any atom is 0.303 e. The molecule has 1 aliphatic rings. The quantitative estimate of drug-likeness (QED) is 0.0335. The predicted molar refractivity (Wildman–Crippen MR) is 202 cm³/mol. The van der Waals surface area contributed by atoms with Gasteiger partial charge in [-0.25, -0.2) is 0 Å². The molecule has 58 heavy (non-hydrogen) atoms. The highest BCUT2D eigenvalue weighted by Crippen LogP contribution is 2.32. The molecular formula is C41H47N3O14. The molecule has 0 saturated carbocycles. The first kappa shape index (κ1) is 45.0. The van der Waals surface area contributed by atoms with Gasteiger partial charge >= 0.3 is 23.9 Å². The average Bonchev–Trinajstić information content (AvgIpc) is 3.20. The third-order valence-corrected chi connectivity index (χ3v) is 8.57. The van der Waals surface area contributed by atoms with Crippen molar-refractivity contribution in [2.75, 3.05) is 13.2 Å². The van der Waals surface area contributed by atoms with E-state index in [9.17, 15) is 29.5 Å². The summed E-state index contributed by atoms with van der Waals surface area (Å²) in [5.41, 5.74) is 11.8. The van der Waals surface area contributed by atoms with Gasteiger partial charge < -0.3 is 47.4 Å². The fraction of sp³-hybridized carbons (Fsp3) is 0.439. The van der Waals surface area contributed by atoms with Crippen molar-refractivity contribution in [1.82, 2.24) is 0 Å². The van der Waals surface area contributed by atoms with Crippen LogP contribution < -0.4 is 0 Å². The molecule has 0 spiro atoms. The molecule has 1 heterocycles. The minimum absolute atomic E-state index is 0.0569. The van der Waals surface area contributed by atoms with Gasteiger partial charge in [-0.3, -0.25) is 19.2 Å². The van der Waals surface area contributed by atoms with E-state index >= 15 is 0 Å². The Bertz CT molecular complexity index is 1810. The molecule has 1 saturated heterocycles. The number of hydrogen-bond donors (Lipinski definition) is 0. The van der Waals surface area contributed by atoms with Crippen molar-refractivity contribution >= 4 is 30.2 Å². The number of hydrogen-bond acceptors (Lipinski definition) is 15. The van der Waals surface area contributed by atoms with Crippen LogP contribution in [0.15, 0.2) is 96.1 Å². The highest BCUT2D eigenvalue weighted by Gasteiger charge is 2.54. The summed E-state index contributed by atoms with van der Waals surface area (Å²) in [6.07, 6.45) is -11.1. The van der Waals surface area contributed by atoms with Gasteiger partial charge in [-0.15, -0.1) is 0 Å². The summed E-state index contributed by atoms with van der Waals surface area (Å²) in [5.74, 6) is -3.19. The number of aldehydes is 1. The molecule has 17 nitrogen and oxygen atoms in total. The van der Waals surface area contributed by atoms with Crippen LogP contribution in [-0.2, 0) is 86.4 Å². The molecule has 0 radical (unpaired) electrons. The molecule has 17 heteroatoms. The van der Waals surface area contributed by atoms with E-state index in [0.29, 0.717) is 6.29 Å². The fourth-order valence-corrected chi connectivity index (χ4v) is 6.11. The van der Waals surface area contributed by atoms with E-state index in [1.54, 1.807) is 36.4 Å². The number of nitrogens with zero attached hydrogens (tertiary/aromatic N) is 3. The first-order valence-corrected chi connectivity index (χ1v) is 18.4. The maximum atomic E-state index is 12.7. The summed E-state index contributed by atoms with van der Waals surface area (Å²) < 4.78 is 54.0. The Labute approximate surface area is 335 Å². The second-order valence-corrected chi connectivity index (χ2v) is 13.1. The Kier molecular flexibility index (Phi) is 18.3. The van der Waals surface area contributed by atoms with E-state index in [0.717, 1.165) is 44.4 Å². The van der Waals surface area contributed by atoms with Crippen LogP contribution >= 0.6 is 0 Å². The molecule has 1 fully saturated rings. The van der Waals surface area contributed by atoms with Crippen LogP contribution in [0.25, 0.3) is 10.4 Å². The second kappa shape index (κ2) is 23.5. The standard InChI is InChI=1S/C41H47N3O14/c1-26(46)51-25-35-38(54-27(2)47)39(55-28(3)48)40(56-29(4)49)41(58-35)57-34(24-50-21-30-14-8-5-9-15-30)37(53-23-32-18-12-7-13-19-32)36(33(20-45)43-44-42)52-22-31-16-10-6-11-17-31/h5-20,33-41H,21-25H2,1-4H3/t33-,34+,35+,36+,37-,38+,39-,40+,41+/m0/s1. The lowest BCUT2D eigenvalue weighted by atomic mass is 9.97. The highest BCUT2D eigenvalue weighted by atomic mass is 16.7. The number of esters is 4. The molecule has 9 atom stereocenters. The minimum Gasteiger partial charge on any atom is -0.463 e. The van der Waals surface area contributed by atoms with Crippen LogP contribution in [0.5, 0.6) is 0 Å². The van der Waals surface area contributed by atoms with Crippen LogP contribution in [0, 0.1) is 0 Å². The van der Waals surface area contributed by atoms with E-state index in [-0.39, 0.29) is 26.4 Å². The lowest BCUT2D eigenvalue weighted by Crippen LogP contribution is -2.64. The van der Waals surface area contributed by atoms with Crippen LogP contribution in [-0.4, -0.2) is 98.4 Å². The Balaban J connectivity index is 1.85. The van der Waals surface area contributed by atoms with Gasteiger partial charge in [-0.05, 0) is 22.2 Å². The molecule has 0 amide bonds. The molecule has 0 aliphatic carbocycles. The monoisotopic (exact) mass is 805 g/mol. The average molecular weight is 806 g/mol. The Morgan fingerprint density at radius 3 is 1.66 bits per heavy atom. The number of rotatable bonds is 22. The number of benzene rings is 3. The normalized spacial score (nSPS) is 20.9. The van der Waals surface area contributed by atoms with Crippen molar-refractivity contribution in [1.29, 1.82) is 0 Å². The Morgan fingerprint density at radius 2 is 1.17 bits per heavy atom. The smallest absolute Gasteiger partial charge is 0.303 e. The molecule has 0 aromatic heterocycles. The van der Waals surface area contributed by atoms with E-state index in [4.69, 9.17) is 42.6 Å². The molecule has 4 rings (SSSR count). The van der Waals surface area contributed by atoms with Gasteiger partial charge in [0.25, 0.3) is 0 Å². The van der Waals surface area contributed by atoms with Crippen molar-refractivity contribution in [3.8, 4) is 0 Å². The van der Waals surface area contributed by atoms with Gasteiger partial charge in [0.05, 0.1) is 26.4 Å². The molecular weight excluding hydrogens is 758 g/mol. The molecule has 310 valence electrons. The lowest BCUT2D eigenvalue weighted by Gasteiger charge is -2.45.